The number of para-hydroxylation sites is 1. The van der Waals surface area contributed by atoms with E-state index in [4.69, 9.17) is 5.73 Å². The smallest absolute Gasteiger partial charge is 0.177 e. The van der Waals surface area contributed by atoms with Crippen LogP contribution in [0.25, 0.3) is 0 Å². The first kappa shape index (κ1) is 14.2. The molecule has 5 heteroatoms. The third kappa shape index (κ3) is 3.21. The number of anilines is 2. The Morgan fingerprint density at radius 3 is 2.58 bits per heavy atom. The molecule has 1 aromatic rings. The third-order valence-electron chi connectivity index (χ3n) is 3.92. The Morgan fingerprint density at radius 1 is 1.26 bits per heavy atom. The van der Waals surface area contributed by atoms with E-state index in [1.54, 1.807) is 12.1 Å². The van der Waals surface area contributed by atoms with E-state index in [2.05, 4.69) is 12.2 Å². The third-order valence-corrected chi connectivity index (χ3v) is 5.07. The van der Waals surface area contributed by atoms with Gasteiger partial charge in [-0.05, 0) is 30.9 Å². The van der Waals surface area contributed by atoms with Crippen molar-refractivity contribution in [3.05, 3.63) is 18.2 Å². The van der Waals surface area contributed by atoms with Gasteiger partial charge in [0.05, 0.1) is 16.3 Å². The van der Waals surface area contributed by atoms with Gasteiger partial charge in [-0.1, -0.05) is 25.8 Å². The van der Waals surface area contributed by atoms with Gasteiger partial charge in [0.15, 0.2) is 9.84 Å². The standard InChI is InChI=1S/C14H22N2O2S/c1-10-6-3-4-7-11(10)16-12-8-5-9-13(14(12)15)19(2,17)18/h5,8-11,16H,3-4,6-7,15H2,1-2H3. The highest BCUT2D eigenvalue weighted by Crippen LogP contribution is 2.31. The monoisotopic (exact) mass is 282 g/mol. The lowest BCUT2D eigenvalue weighted by Gasteiger charge is -2.31. The average molecular weight is 282 g/mol. The van der Waals surface area contributed by atoms with Gasteiger partial charge >= 0.3 is 0 Å². The van der Waals surface area contributed by atoms with Crippen molar-refractivity contribution in [3.8, 4) is 0 Å². The number of nitrogens with two attached hydrogens (primary N) is 1. The van der Waals surface area contributed by atoms with E-state index >= 15 is 0 Å². The molecule has 1 fully saturated rings. The first-order valence-electron chi connectivity index (χ1n) is 6.74. The largest absolute Gasteiger partial charge is 0.396 e. The maximum absolute atomic E-state index is 11.7. The van der Waals surface area contributed by atoms with Crippen LogP contribution in [0.5, 0.6) is 0 Å². The van der Waals surface area contributed by atoms with Gasteiger partial charge in [0.1, 0.15) is 0 Å². The lowest BCUT2D eigenvalue weighted by Crippen LogP contribution is -2.30. The van der Waals surface area contributed by atoms with Crippen LogP contribution in [0.2, 0.25) is 0 Å². The fraction of sp³-hybridized carbons (Fsp3) is 0.571. The number of benzene rings is 1. The molecular formula is C14H22N2O2S. The van der Waals surface area contributed by atoms with Crippen LogP contribution < -0.4 is 11.1 Å². The highest BCUT2D eigenvalue weighted by molar-refractivity contribution is 7.90. The molecule has 1 aliphatic rings. The van der Waals surface area contributed by atoms with Crippen molar-refractivity contribution in [3.63, 3.8) is 0 Å². The summed E-state index contributed by atoms with van der Waals surface area (Å²) in [6.45, 7) is 2.23. The van der Waals surface area contributed by atoms with Crippen molar-refractivity contribution in [1.29, 1.82) is 0 Å². The highest BCUT2D eigenvalue weighted by Gasteiger charge is 2.22. The maximum Gasteiger partial charge on any atom is 0.177 e. The summed E-state index contributed by atoms with van der Waals surface area (Å²) in [7, 11) is -3.28. The Bertz CT molecular complexity index is 555. The van der Waals surface area contributed by atoms with Gasteiger partial charge in [-0.15, -0.1) is 0 Å². The molecule has 0 amide bonds. The lowest BCUT2D eigenvalue weighted by atomic mass is 9.86. The molecule has 0 saturated heterocycles. The second-order valence-electron chi connectivity index (χ2n) is 5.50. The number of hydrogen-bond acceptors (Lipinski definition) is 4. The van der Waals surface area contributed by atoms with E-state index in [9.17, 15) is 8.42 Å². The molecule has 0 spiro atoms. The summed E-state index contributed by atoms with van der Waals surface area (Å²) in [6.07, 6.45) is 6.00. The minimum atomic E-state index is -3.28. The zero-order valence-electron chi connectivity index (χ0n) is 11.5. The molecule has 2 unspecified atom stereocenters. The molecule has 2 rings (SSSR count). The van der Waals surface area contributed by atoms with Crippen LogP contribution in [-0.4, -0.2) is 20.7 Å². The summed E-state index contributed by atoms with van der Waals surface area (Å²) in [5.74, 6) is 0.593. The maximum atomic E-state index is 11.7. The van der Waals surface area contributed by atoms with E-state index in [1.165, 1.54) is 25.5 Å². The molecule has 0 bridgehead atoms. The van der Waals surface area contributed by atoms with E-state index in [-0.39, 0.29) is 4.90 Å². The molecule has 3 N–H and O–H groups in total. The van der Waals surface area contributed by atoms with Crippen molar-refractivity contribution in [1.82, 2.24) is 0 Å². The summed E-state index contributed by atoms with van der Waals surface area (Å²) in [5.41, 5.74) is 7.06. The van der Waals surface area contributed by atoms with Gasteiger partial charge in [-0.3, -0.25) is 0 Å². The molecule has 0 heterocycles. The number of hydrogen-bond donors (Lipinski definition) is 2. The van der Waals surface area contributed by atoms with Crippen LogP contribution >= 0.6 is 0 Å². The van der Waals surface area contributed by atoms with E-state index in [0.29, 0.717) is 17.6 Å². The molecule has 1 aliphatic carbocycles. The van der Waals surface area contributed by atoms with Gasteiger partial charge in [0.25, 0.3) is 0 Å². The molecule has 106 valence electrons. The highest BCUT2D eigenvalue weighted by atomic mass is 32.2. The minimum absolute atomic E-state index is 0.209. The van der Waals surface area contributed by atoms with Crippen molar-refractivity contribution in [2.75, 3.05) is 17.3 Å². The Kier molecular flexibility index (Phi) is 4.04. The number of nitrogen functional groups attached to an aromatic ring is 1. The zero-order chi connectivity index (χ0) is 14.0. The molecule has 2 atom stereocenters. The summed E-state index contributed by atoms with van der Waals surface area (Å²) in [4.78, 5) is 0.209. The van der Waals surface area contributed by atoms with Crippen molar-refractivity contribution >= 4 is 21.2 Å². The zero-order valence-corrected chi connectivity index (χ0v) is 12.3. The normalized spacial score (nSPS) is 24.1. The van der Waals surface area contributed by atoms with E-state index in [1.807, 2.05) is 6.07 Å². The van der Waals surface area contributed by atoms with Crippen LogP contribution in [0.3, 0.4) is 0 Å². The number of nitrogens with one attached hydrogen (secondary N) is 1. The predicted molar refractivity (Wildman–Crippen MR) is 79.0 cm³/mol. The Labute approximate surface area is 115 Å². The van der Waals surface area contributed by atoms with Crippen LogP contribution in [-0.2, 0) is 9.84 Å². The Balaban J connectivity index is 2.26. The summed E-state index contributed by atoms with van der Waals surface area (Å²) < 4.78 is 23.3. The minimum Gasteiger partial charge on any atom is -0.396 e. The van der Waals surface area contributed by atoms with Crippen LogP contribution in [0.1, 0.15) is 32.6 Å². The summed E-state index contributed by atoms with van der Waals surface area (Å²) >= 11 is 0. The second kappa shape index (κ2) is 5.41. The van der Waals surface area contributed by atoms with E-state index < -0.39 is 9.84 Å². The summed E-state index contributed by atoms with van der Waals surface area (Å²) in [5, 5.41) is 3.42. The molecule has 4 nitrogen and oxygen atoms in total. The molecular weight excluding hydrogens is 260 g/mol. The van der Waals surface area contributed by atoms with Gasteiger partial charge in [-0.2, -0.15) is 0 Å². The van der Waals surface area contributed by atoms with Gasteiger partial charge < -0.3 is 11.1 Å². The van der Waals surface area contributed by atoms with Crippen LogP contribution in [0, 0.1) is 5.92 Å². The Morgan fingerprint density at radius 2 is 1.95 bits per heavy atom. The molecule has 19 heavy (non-hydrogen) atoms. The van der Waals surface area contributed by atoms with E-state index in [0.717, 1.165) is 12.1 Å². The molecule has 1 aromatic carbocycles. The molecule has 0 radical (unpaired) electrons. The number of rotatable bonds is 3. The summed E-state index contributed by atoms with van der Waals surface area (Å²) in [6, 6.07) is 5.53. The number of sulfone groups is 1. The van der Waals surface area contributed by atoms with Gasteiger partial charge in [0.2, 0.25) is 0 Å². The topological polar surface area (TPSA) is 72.2 Å². The first-order valence-corrected chi connectivity index (χ1v) is 8.64. The first-order chi connectivity index (χ1) is 8.89. The molecule has 0 aromatic heterocycles. The second-order valence-corrected chi connectivity index (χ2v) is 7.49. The fourth-order valence-corrected chi connectivity index (χ4v) is 3.56. The van der Waals surface area contributed by atoms with Crippen LogP contribution in [0.4, 0.5) is 11.4 Å². The Hall–Kier alpha value is -1.23. The lowest BCUT2D eigenvalue weighted by molar-refractivity contribution is 0.349. The molecule has 1 saturated carbocycles. The molecule has 0 aliphatic heterocycles. The van der Waals surface area contributed by atoms with Gasteiger partial charge in [0, 0.05) is 12.3 Å². The van der Waals surface area contributed by atoms with Crippen molar-refractivity contribution in [2.24, 2.45) is 5.92 Å². The van der Waals surface area contributed by atoms with Crippen molar-refractivity contribution in [2.45, 2.75) is 43.5 Å². The predicted octanol–water partition coefficient (Wildman–Crippen LogP) is 2.66. The van der Waals surface area contributed by atoms with Gasteiger partial charge in [-0.25, -0.2) is 8.42 Å². The SMILES string of the molecule is CC1CCCCC1Nc1cccc(S(C)(=O)=O)c1N. The average Bonchev–Trinajstić information content (AvgIpc) is 2.33. The van der Waals surface area contributed by atoms with Crippen molar-refractivity contribution < 1.29 is 8.42 Å². The quantitative estimate of drug-likeness (QED) is 0.836. The van der Waals surface area contributed by atoms with Crippen LogP contribution in [0.15, 0.2) is 23.1 Å². The fourth-order valence-electron chi connectivity index (χ4n) is 2.72.